The lowest BCUT2D eigenvalue weighted by molar-refractivity contribution is -0.124. The molecule has 0 bridgehead atoms. The molecule has 1 aliphatic heterocycles. The van der Waals surface area contributed by atoms with E-state index in [0.29, 0.717) is 0 Å². The van der Waals surface area contributed by atoms with Crippen molar-refractivity contribution in [2.45, 2.75) is 52.5 Å². The smallest absolute Gasteiger partial charge is 0.237 e. The quantitative estimate of drug-likeness (QED) is 0.703. The fourth-order valence-corrected chi connectivity index (χ4v) is 2.79. The van der Waals surface area contributed by atoms with E-state index in [-0.39, 0.29) is 5.91 Å². The first kappa shape index (κ1) is 16.4. The molecular weight excluding hydrogens is 238 g/mol. The Hall–Kier alpha value is -0.610. The number of nitrogens with two attached hydrogens (primary N) is 1. The number of rotatable bonds is 8. The minimum atomic E-state index is -0.549. The minimum Gasteiger partial charge on any atom is -0.368 e. The van der Waals surface area contributed by atoms with Gasteiger partial charge in [0.15, 0.2) is 0 Å². The highest BCUT2D eigenvalue weighted by Gasteiger charge is 2.31. The summed E-state index contributed by atoms with van der Waals surface area (Å²) in [4.78, 5) is 14.1. The molecule has 0 aromatic heterocycles. The highest BCUT2D eigenvalue weighted by Crippen LogP contribution is 2.23. The summed E-state index contributed by atoms with van der Waals surface area (Å²) in [7, 11) is 0. The van der Waals surface area contributed by atoms with Gasteiger partial charge >= 0.3 is 0 Å². The van der Waals surface area contributed by atoms with E-state index in [9.17, 15) is 4.79 Å². The van der Waals surface area contributed by atoms with Crippen molar-refractivity contribution in [3.63, 3.8) is 0 Å². The molecule has 4 nitrogen and oxygen atoms in total. The SMILES string of the molecule is CCCNC(C)(CCCN1CC(C)C(C)C1)C(N)=O. The van der Waals surface area contributed by atoms with Gasteiger partial charge in [0.1, 0.15) is 0 Å². The molecule has 0 aromatic rings. The molecule has 3 unspecified atom stereocenters. The number of carbonyl (C=O) groups is 1. The second-order valence-corrected chi connectivity index (χ2v) is 6.44. The van der Waals surface area contributed by atoms with E-state index in [2.05, 4.69) is 31.0 Å². The van der Waals surface area contributed by atoms with Crippen molar-refractivity contribution >= 4 is 5.91 Å². The number of hydrogen-bond acceptors (Lipinski definition) is 3. The van der Waals surface area contributed by atoms with E-state index in [1.54, 1.807) is 0 Å². The average molecular weight is 269 g/mol. The van der Waals surface area contributed by atoms with Crippen LogP contribution in [-0.4, -0.2) is 42.5 Å². The summed E-state index contributed by atoms with van der Waals surface area (Å²) in [5, 5.41) is 3.30. The van der Waals surface area contributed by atoms with Crippen LogP contribution in [0.2, 0.25) is 0 Å². The highest BCUT2D eigenvalue weighted by atomic mass is 16.1. The van der Waals surface area contributed by atoms with E-state index in [1.807, 2.05) is 6.92 Å². The van der Waals surface area contributed by atoms with E-state index in [1.165, 1.54) is 13.1 Å². The number of amides is 1. The molecule has 1 heterocycles. The van der Waals surface area contributed by atoms with Gasteiger partial charge in [0.05, 0.1) is 5.54 Å². The zero-order valence-electron chi connectivity index (χ0n) is 13.0. The van der Waals surface area contributed by atoms with Crippen molar-refractivity contribution in [3.05, 3.63) is 0 Å². The molecule has 1 amide bonds. The second-order valence-electron chi connectivity index (χ2n) is 6.44. The topological polar surface area (TPSA) is 58.4 Å². The van der Waals surface area contributed by atoms with Crippen LogP contribution in [0.1, 0.15) is 47.0 Å². The van der Waals surface area contributed by atoms with Gasteiger partial charge in [-0.15, -0.1) is 0 Å². The van der Waals surface area contributed by atoms with E-state index >= 15 is 0 Å². The molecule has 1 rings (SSSR count). The molecule has 1 aliphatic rings. The summed E-state index contributed by atoms with van der Waals surface area (Å²) in [6, 6.07) is 0. The molecule has 0 aliphatic carbocycles. The van der Waals surface area contributed by atoms with Crippen molar-refractivity contribution in [2.75, 3.05) is 26.2 Å². The van der Waals surface area contributed by atoms with Crippen LogP contribution in [0.4, 0.5) is 0 Å². The number of nitrogens with zero attached hydrogens (tertiary/aromatic N) is 1. The average Bonchev–Trinajstić information content (AvgIpc) is 2.66. The normalized spacial score (nSPS) is 27.4. The Morgan fingerprint density at radius 3 is 2.42 bits per heavy atom. The Morgan fingerprint density at radius 2 is 1.95 bits per heavy atom. The van der Waals surface area contributed by atoms with Crippen LogP contribution in [0.15, 0.2) is 0 Å². The van der Waals surface area contributed by atoms with Gasteiger partial charge in [-0.25, -0.2) is 0 Å². The van der Waals surface area contributed by atoms with Crippen molar-refractivity contribution in [1.29, 1.82) is 0 Å². The second kappa shape index (κ2) is 7.25. The van der Waals surface area contributed by atoms with Crippen LogP contribution in [0.25, 0.3) is 0 Å². The van der Waals surface area contributed by atoms with Gasteiger partial charge in [0.2, 0.25) is 5.91 Å². The van der Waals surface area contributed by atoms with E-state index in [4.69, 9.17) is 5.73 Å². The number of hydrogen-bond donors (Lipinski definition) is 2. The largest absolute Gasteiger partial charge is 0.368 e. The van der Waals surface area contributed by atoms with Crippen LogP contribution in [0, 0.1) is 11.8 Å². The molecule has 19 heavy (non-hydrogen) atoms. The Balaban J connectivity index is 2.34. The first-order chi connectivity index (χ1) is 8.89. The molecule has 4 heteroatoms. The summed E-state index contributed by atoms with van der Waals surface area (Å²) in [5.41, 5.74) is 4.99. The summed E-state index contributed by atoms with van der Waals surface area (Å²) in [5.74, 6) is 1.35. The fourth-order valence-electron chi connectivity index (χ4n) is 2.79. The molecule has 3 N–H and O–H groups in total. The maximum Gasteiger partial charge on any atom is 0.237 e. The fraction of sp³-hybridized carbons (Fsp3) is 0.933. The monoisotopic (exact) mass is 269 g/mol. The van der Waals surface area contributed by atoms with Crippen molar-refractivity contribution in [1.82, 2.24) is 10.2 Å². The third-order valence-corrected chi connectivity index (χ3v) is 4.52. The molecule has 1 fully saturated rings. The predicted octanol–water partition coefficient (Wildman–Crippen LogP) is 1.60. The van der Waals surface area contributed by atoms with Gasteiger partial charge in [-0.3, -0.25) is 4.79 Å². The van der Waals surface area contributed by atoms with Crippen molar-refractivity contribution < 1.29 is 4.79 Å². The van der Waals surface area contributed by atoms with Gasteiger partial charge in [-0.1, -0.05) is 20.8 Å². The lowest BCUT2D eigenvalue weighted by Crippen LogP contribution is -2.53. The highest BCUT2D eigenvalue weighted by molar-refractivity contribution is 5.84. The molecule has 0 radical (unpaired) electrons. The third-order valence-electron chi connectivity index (χ3n) is 4.52. The number of carbonyl (C=O) groups excluding carboxylic acids is 1. The zero-order chi connectivity index (χ0) is 14.5. The van der Waals surface area contributed by atoms with Crippen LogP contribution in [-0.2, 0) is 4.79 Å². The standard InChI is InChI=1S/C15H31N3O/c1-5-8-17-15(4,14(16)19)7-6-9-18-10-12(2)13(3)11-18/h12-13,17H,5-11H2,1-4H3,(H2,16,19). The summed E-state index contributed by atoms with van der Waals surface area (Å²) in [6.07, 6.45) is 2.86. The summed E-state index contributed by atoms with van der Waals surface area (Å²) in [6.45, 7) is 13.0. The van der Waals surface area contributed by atoms with Gasteiger partial charge in [-0.05, 0) is 51.1 Å². The molecule has 0 saturated carbocycles. The lowest BCUT2D eigenvalue weighted by atomic mass is 9.94. The first-order valence-electron chi connectivity index (χ1n) is 7.66. The Morgan fingerprint density at radius 1 is 1.37 bits per heavy atom. The van der Waals surface area contributed by atoms with Crippen molar-refractivity contribution in [3.8, 4) is 0 Å². The molecule has 3 atom stereocenters. The number of nitrogens with one attached hydrogen (secondary N) is 1. The lowest BCUT2D eigenvalue weighted by Gasteiger charge is -2.28. The van der Waals surface area contributed by atoms with Crippen molar-refractivity contribution in [2.24, 2.45) is 17.6 Å². The molecule has 0 spiro atoms. The minimum absolute atomic E-state index is 0.232. The van der Waals surface area contributed by atoms with Gasteiger partial charge < -0.3 is 16.0 Å². The van der Waals surface area contributed by atoms with Gasteiger partial charge in [-0.2, -0.15) is 0 Å². The number of primary amides is 1. The Labute approximate surface area is 118 Å². The van der Waals surface area contributed by atoms with Gasteiger partial charge in [0, 0.05) is 13.1 Å². The molecule has 0 aromatic carbocycles. The van der Waals surface area contributed by atoms with Crippen LogP contribution < -0.4 is 11.1 Å². The van der Waals surface area contributed by atoms with Crippen LogP contribution >= 0.6 is 0 Å². The Kier molecular flexibility index (Phi) is 6.27. The molecular formula is C15H31N3O. The molecule has 112 valence electrons. The van der Waals surface area contributed by atoms with Gasteiger partial charge in [0.25, 0.3) is 0 Å². The zero-order valence-corrected chi connectivity index (χ0v) is 13.0. The van der Waals surface area contributed by atoms with Crippen LogP contribution in [0.5, 0.6) is 0 Å². The maximum absolute atomic E-state index is 11.6. The maximum atomic E-state index is 11.6. The predicted molar refractivity (Wildman–Crippen MR) is 79.9 cm³/mol. The summed E-state index contributed by atoms with van der Waals surface area (Å²) >= 11 is 0. The van der Waals surface area contributed by atoms with Crippen LogP contribution in [0.3, 0.4) is 0 Å². The Bertz CT molecular complexity index is 285. The third kappa shape index (κ3) is 4.77. The van der Waals surface area contributed by atoms with E-state index in [0.717, 1.165) is 44.2 Å². The van der Waals surface area contributed by atoms with E-state index < -0.39 is 5.54 Å². The first-order valence-corrected chi connectivity index (χ1v) is 7.66. The molecule has 1 saturated heterocycles. The number of likely N-dealkylation sites (tertiary alicyclic amines) is 1. The summed E-state index contributed by atoms with van der Waals surface area (Å²) < 4.78 is 0.